The Kier molecular flexibility index (Phi) is 10.8. The van der Waals surface area contributed by atoms with Crippen molar-refractivity contribution in [1.82, 2.24) is 15.1 Å². The predicted octanol–water partition coefficient (Wildman–Crippen LogP) is 2.97. The van der Waals surface area contributed by atoms with Crippen molar-refractivity contribution in [2.24, 2.45) is 5.92 Å². The van der Waals surface area contributed by atoms with E-state index in [0.29, 0.717) is 6.04 Å². The molecule has 3 aliphatic heterocycles. The predicted molar refractivity (Wildman–Crippen MR) is 131 cm³/mol. The first-order valence-corrected chi connectivity index (χ1v) is 12.6. The third-order valence-electron chi connectivity index (χ3n) is 7.13. The van der Waals surface area contributed by atoms with Crippen LogP contribution in [0.2, 0.25) is 0 Å². The molecule has 0 spiro atoms. The lowest BCUT2D eigenvalue weighted by molar-refractivity contribution is -0.124. The SMILES string of the molecule is CNC(=O)C1CCN(C2CCOCC2)C1.COc1ccc(CCCN2CCCC2)cc1OC. The van der Waals surface area contributed by atoms with E-state index in [9.17, 15) is 4.79 Å². The van der Waals surface area contributed by atoms with Gasteiger partial charge in [0.25, 0.3) is 0 Å². The maximum absolute atomic E-state index is 11.5. The summed E-state index contributed by atoms with van der Waals surface area (Å²) in [6.45, 7) is 7.55. The zero-order valence-electron chi connectivity index (χ0n) is 20.8. The van der Waals surface area contributed by atoms with Crippen molar-refractivity contribution < 1.29 is 19.0 Å². The summed E-state index contributed by atoms with van der Waals surface area (Å²) in [7, 11) is 5.08. The number of ether oxygens (including phenoxy) is 3. The van der Waals surface area contributed by atoms with Crippen LogP contribution in [0.5, 0.6) is 11.5 Å². The first-order valence-electron chi connectivity index (χ1n) is 12.6. The number of rotatable bonds is 8. The number of hydrogen-bond donors (Lipinski definition) is 1. The van der Waals surface area contributed by atoms with Crippen LogP contribution in [-0.4, -0.2) is 89.0 Å². The molecule has 0 saturated carbocycles. The van der Waals surface area contributed by atoms with Crippen LogP contribution in [0.3, 0.4) is 0 Å². The Bertz CT molecular complexity index is 717. The summed E-state index contributed by atoms with van der Waals surface area (Å²) in [5, 5.41) is 2.74. The lowest BCUT2D eigenvalue weighted by atomic mass is 10.1. The van der Waals surface area contributed by atoms with E-state index in [1.54, 1.807) is 21.3 Å². The van der Waals surface area contributed by atoms with Crippen molar-refractivity contribution in [1.29, 1.82) is 0 Å². The molecule has 7 nitrogen and oxygen atoms in total. The fourth-order valence-electron chi connectivity index (χ4n) is 5.14. The lowest BCUT2D eigenvalue weighted by Crippen LogP contribution is -2.39. The van der Waals surface area contributed by atoms with Gasteiger partial charge in [-0.15, -0.1) is 0 Å². The minimum Gasteiger partial charge on any atom is -0.493 e. The summed E-state index contributed by atoms with van der Waals surface area (Å²) >= 11 is 0. The van der Waals surface area contributed by atoms with Crippen molar-refractivity contribution in [3.05, 3.63) is 23.8 Å². The Morgan fingerprint density at radius 3 is 2.45 bits per heavy atom. The summed E-state index contributed by atoms with van der Waals surface area (Å²) in [6, 6.07) is 6.85. The number of benzene rings is 1. The molecule has 4 rings (SSSR count). The van der Waals surface area contributed by atoms with Crippen molar-refractivity contribution >= 4 is 5.91 Å². The second-order valence-electron chi connectivity index (χ2n) is 9.28. The molecule has 0 bridgehead atoms. The van der Waals surface area contributed by atoms with Gasteiger partial charge in [-0.25, -0.2) is 0 Å². The van der Waals surface area contributed by atoms with Crippen LogP contribution in [0, 0.1) is 5.92 Å². The molecule has 1 aromatic carbocycles. The van der Waals surface area contributed by atoms with Crippen LogP contribution in [-0.2, 0) is 16.0 Å². The van der Waals surface area contributed by atoms with Crippen molar-refractivity contribution in [3.8, 4) is 11.5 Å². The van der Waals surface area contributed by atoms with E-state index in [2.05, 4.69) is 27.2 Å². The standard InChI is InChI=1S/C15H23NO2.C11H20N2O2/c1-17-14-8-7-13(12-15(14)18-2)6-5-11-16-9-3-4-10-16;1-12-11(14)9-2-5-13(8-9)10-3-6-15-7-4-10/h7-8,12H,3-6,9-11H2,1-2H3;9-10H,2-8H2,1H3,(H,12,14). The summed E-state index contributed by atoms with van der Waals surface area (Å²) in [5.74, 6) is 2.04. The van der Waals surface area contributed by atoms with Crippen LogP contribution in [0.4, 0.5) is 0 Å². The fourth-order valence-corrected chi connectivity index (χ4v) is 5.14. The van der Waals surface area contributed by atoms with E-state index in [1.165, 1.54) is 44.5 Å². The van der Waals surface area contributed by atoms with Gasteiger partial charge in [0.15, 0.2) is 11.5 Å². The molecule has 0 radical (unpaired) electrons. The average Bonchev–Trinajstić information content (AvgIpc) is 3.57. The van der Waals surface area contributed by atoms with Crippen LogP contribution in [0.15, 0.2) is 18.2 Å². The van der Waals surface area contributed by atoms with Crippen molar-refractivity contribution in [3.63, 3.8) is 0 Å². The topological polar surface area (TPSA) is 63.3 Å². The molecule has 3 aliphatic rings. The highest BCUT2D eigenvalue weighted by atomic mass is 16.5. The van der Waals surface area contributed by atoms with Gasteiger partial charge in [0.2, 0.25) is 5.91 Å². The molecule has 1 atom stereocenters. The zero-order valence-corrected chi connectivity index (χ0v) is 20.8. The molecule has 1 unspecified atom stereocenters. The molecule has 7 heteroatoms. The first-order chi connectivity index (χ1) is 16.1. The van der Waals surface area contributed by atoms with E-state index in [0.717, 1.165) is 63.5 Å². The molecule has 0 aliphatic carbocycles. The Morgan fingerprint density at radius 2 is 1.79 bits per heavy atom. The molecule has 1 N–H and O–H groups in total. The molecular formula is C26H43N3O4. The number of amides is 1. The number of carbonyl (C=O) groups is 1. The Hall–Kier alpha value is -1.83. The maximum Gasteiger partial charge on any atom is 0.224 e. The van der Waals surface area contributed by atoms with E-state index in [4.69, 9.17) is 14.2 Å². The molecule has 0 aromatic heterocycles. The van der Waals surface area contributed by atoms with Gasteiger partial charge in [-0.3, -0.25) is 9.69 Å². The van der Waals surface area contributed by atoms with E-state index in [1.807, 2.05) is 6.07 Å². The number of nitrogens with one attached hydrogen (secondary N) is 1. The minimum absolute atomic E-state index is 0.199. The monoisotopic (exact) mass is 461 g/mol. The van der Waals surface area contributed by atoms with Gasteiger partial charge >= 0.3 is 0 Å². The largest absolute Gasteiger partial charge is 0.493 e. The second-order valence-corrected chi connectivity index (χ2v) is 9.28. The van der Waals surface area contributed by atoms with Gasteiger partial charge in [-0.05, 0) is 88.8 Å². The molecule has 3 saturated heterocycles. The normalized spacial score (nSPS) is 22.0. The molecule has 186 valence electrons. The number of carbonyl (C=O) groups excluding carboxylic acids is 1. The van der Waals surface area contributed by atoms with E-state index < -0.39 is 0 Å². The van der Waals surface area contributed by atoms with Crippen LogP contribution in [0.25, 0.3) is 0 Å². The number of likely N-dealkylation sites (tertiary alicyclic amines) is 2. The van der Waals surface area contributed by atoms with E-state index >= 15 is 0 Å². The molecule has 33 heavy (non-hydrogen) atoms. The highest BCUT2D eigenvalue weighted by molar-refractivity contribution is 5.78. The minimum atomic E-state index is 0.199. The Morgan fingerprint density at radius 1 is 1.06 bits per heavy atom. The van der Waals surface area contributed by atoms with Gasteiger partial charge in [0, 0.05) is 32.8 Å². The third kappa shape index (κ3) is 7.87. The van der Waals surface area contributed by atoms with Crippen LogP contribution < -0.4 is 14.8 Å². The van der Waals surface area contributed by atoms with Gasteiger partial charge in [0.05, 0.1) is 20.1 Å². The summed E-state index contributed by atoms with van der Waals surface area (Å²) < 4.78 is 15.9. The molecule has 3 heterocycles. The Balaban J connectivity index is 0.000000189. The zero-order chi connectivity index (χ0) is 23.5. The maximum atomic E-state index is 11.5. The third-order valence-corrected chi connectivity index (χ3v) is 7.13. The number of hydrogen-bond acceptors (Lipinski definition) is 6. The van der Waals surface area contributed by atoms with Gasteiger partial charge < -0.3 is 24.4 Å². The van der Waals surface area contributed by atoms with E-state index in [-0.39, 0.29) is 11.8 Å². The van der Waals surface area contributed by atoms with Crippen molar-refractivity contribution in [2.75, 3.05) is 67.2 Å². The summed E-state index contributed by atoms with van der Waals surface area (Å²) in [4.78, 5) is 16.5. The van der Waals surface area contributed by atoms with Gasteiger partial charge in [-0.2, -0.15) is 0 Å². The highest BCUT2D eigenvalue weighted by Crippen LogP contribution is 2.28. The highest BCUT2D eigenvalue weighted by Gasteiger charge is 2.32. The summed E-state index contributed by atoms with van der Waals surface area (Å²) in [5.41, 5.74) is 1.33. The lowest BCUT2D eigenvalue weighted by Gasteiger charge is -2.30. The quantitative estimate of drug-likeness (QED) is 0.642. The van der Waals surface area contributed by atoms with Gasteiger partial charge in [0.1, 0.15) is 0 Å². The smallest absolute Gasteiger partial charge is 0.224 e. The number of aryl methyl sites for hydroxylation is 1. The van der Waals surface area contributed by atoms with Crippen LogP contribution >= 0.6 is 0 Å². The molecule has 1 aromatic rings. The summed E-state index contributed by atoms with van der Waals surface area (Å²) in [6.07, 6.45) is 8.33. The first kappa shape index (κ1) is 25.8. The number of methoxy groups -OCH3 is 2. The van der Waals surface area contributed by atoms with Crippen LogP contribution in [0.1, 0.15) is 44.1 Å². The molecular weight excluding hydrogens is 418 g/mol. The second kappa shape index (κ2) is 13.8. The molecule has 3 fully saturated rings. The Labute approximate surface area is 199 Å². The molecule has 1 amide bonds. The number of nitrogens with zero attached hydrogens (tertiary/aromatic N) is 2. The van der Waals surface area contributed by atoms with Gasteiger partial charge in [-0.1, -0.05) is 6.07 Å². The fraction of sp³-hybridized carbons (Fsp3) is 0.731. The van der Waals surface area contributed by atoms with Crippen molar-refractivity contribution in [2.45, 2.75) is 51.0 Å². The average molecular weight is 462 g/mol.